The van der Waals surface area contributed by atoms with Gasteiger partial charge in [-0.1, -0.05) is 24.3 Å². The van der Waals surface area contributed by atoms with E-state index in [1.807, 2.05) is 11.5 Å². The number of hydrogen-bond donors (Lipinski definition) is 1. The summed E-state index contributed by atoms with van der Waals surface area (Å²) in [6.07, 6.45) is 1.86. The van der Waals surface area contributed by atoms with Crippen LogP contribution in [0.5, 0.6) is 5.88 Å². The van der Waals surface area contributed by atoms with Crippen molar-refractivity contribution in [2.24, 2.45) is 0 Å². The zero-order valence-electron chi connectivity index (χ0n) is 22.0. The van der Waals surface area contributed by atoms with E-state index >= 15 is 4.39 Å². The van der Waals surface area contributed by atoms with Crippen LogP contribution in [0.15, 0.2) is 72.9 Å². The third-order valence-corrected chi connectivity index (χ3v) is 6.62. The molecule has 0 aliphatic heterocycles. The second-order valence-corrected chi connectivity index (χ2v) is 9.41. The van der Waals surface area contributed by atoms with Crippen molar-refractivity contribution in [1.29, 1.82) is 0 Å². The molecule has 0 unspecified atom stereocenters. The van der Waals surface area contributed by atoms with Gasteiger partial charge in [-0.3, -0.25) is 0 Å². The molecule has 0 aliphatic carbocycles. The molecule has 2 heterocycles. The van der Waals surface area contributed by atoms with Crippen molar-refractivity contribution in [3.05, 3.63) is 113 Å². The number of aryl methyl sites for hydroxylation is 1. The lowest BCUT2D eigenvalue weighted by molar-refractivity contribution is 0.0697. The van der Waals surface area contributed by atoms with Gasteiger partial charge < -0.3 is 19.1 Å². The first-order chi connectivity index (χ1) is 19.3. The van der Waals surface area contributed by atoms with Gasteiger partial charge in [0, 0.05) is 43.0 Å². The lowest BCUT2D eigenvalue weighted by Gasteiger charge is -2.13. The standard InChI is InChI=1S/C31H27F2N3O4/c1-19-5-7-22(25(32)14-19)18-40-30-24(4-3-11-34-30)23-9-6-20(15-26(23)33)16-29-35-27-10-8-21(31(37)38)17-28(27)36(29)12-13-39-2/h3-11,14-15,17H,12-13,16,18H2,1-2H3,(H,37,38). The minimum atomic E-state index is -1.02. The van der Waals surface area contributed by atoms with Gasteiger partial charge >= 0.3 is 5.97 Å². The number of imidazole rings is 1. The quantitative estimate of drug-likeness (QED) is 0.226. The molecule has 0 spiro atoms. The predicted molar refractivity (Wildman–Crippen MR) is 146 cm³/mol. The van der Waals surface area contributed by atoms with E-state index in [0.29, 0.717) is 58.7 Å². The van der Waals surface area contributed by atoms with Crippen molar-refractivity contribution in [2.75, 3.05) is 13.7 Å². The maximum Gasteiger partial charge on any atom is 0.335 e. The van der Waals surface area contributed by atoms with E-state index in [2.05, 4.69) is 9.97 Å². The summed E-state index contributed by atoms with van der Waals surface area (Å²) in [5.41, 5.74) is 4.10. The molecule has 0 fully saturated rings. The highest BCUT2D eigenvalue weighted by molar-refractivity contribution is 5.92. The lowest BCUT2D eigenvalue weighted by atomic mass is 10.0. The van der Waals surface area contributed by atoms with Crippen molar-refractivity contribution in [3.63, 3.8) is 0 Å². The van der Waals surface area contributed by atoms with Gasteiger partial charge in [-0.15, -0.1) is 0 Å². The molecule has 40 heavy (non-hydrogen) atoms. The summed E-state index contributed by atoms with van der Waals surface area (Å²) in [6, 6.07) is 17.9. The Kier molecular flexibility index (Phi) is 7.84. The van der Waals surface area contributed by atoms with Crippen molar-refractivity contribution >= 4 is 17.0 Å². The Morgan fingerprint density at radius 1 is 1.00 bits per heavy atom. The molecular formula is C31H27F2N3O4. The van der Waals surface area contributed by atoms with Gasteiger partial charge in [-0.05, 0) is 60.5 Å². The van der Waals surface area contributed by atoms with E-state index in [1.165, 1.54) is 24.4 Å². The average molecular weight is 544 g/mol. The van der Waals surface area contributed by atoms with Gasteiger partial charge in [-0.2, -0.15) is 0 Å². The molecule has 0 saturated heterocycles. The van der Waals surface area contributed by atoms with Crippen LogP contribution in [0.2, 0.25) is 0 Å². The molecule has 1 N–H and O–H groups in total. The molecule has 5 rings (SSSR count). The Morgan fingerprint density at radius 3 is 2.60 bits per heavy atom. The second kappa shape index (κ2) is 11.6. The third kappa shape index (κ3) is 5.69. The van der Waals surface area contributed by atoms with Gasteiger partial charge in [-0.25, -0.2) is 23.5 Å². The van der Waals surface area contributed by atoms with Crippen LogP contribution >= 0.6 is 0 Å². The number of nitrogens with zero attached hydrogens (tertiary/aromatic N) is 3. The number of aromatic nitrogens is 3. The van der Waals surface area contributed by atoms with Crippen molar-refractivity contribution in [2.45, 2.75) is 26.5 Å². The van der Waals surface area contributed by atoms with Gasteiger partial charge in [0.1, 0.15) is 24.1 Å². The number of benzene rings is 3. The van der Waals surface area contributed by atoms with Crippen LogP contribution in [-0.2, 0) is 24.3 Å². The highest BCUT2D eigenvalue weighted by Gasteiger charge is 2.17. The molecule has 3 aromatic carbocycles. The first-order valence-electron chi connectivity index (χ1n) is 12.7. The third-order valence-electron chi connectivity index (χ3n) is 6.62. The fourth-order valence-corrected chi connectivity index (χ4v) is 4.57. The average Bonchev–Trinajstić information content (AvgIpc) is 3.27. The summed E-state index contributed by atoms with van der Waals surface area (Å²) < 4.78 is 42.7. The van der Waals surface area contributed by atoms with Crippen molar-refractivity contribution in [3.8, 4) is 17.0 Å². The number of methoxy groups -OCH3 is 1. The Hall–Kier alpha value is -4.63. The number of pyridine rings is 1. The van der Waals surface area contributed by atoms with Gasteiger partial charge in [0.05, 0.1) is 23.2 Å². The Bertz CT molecular complexity index is 1700. The zero-order valence-corrected chi connectivity index (χ0v) is 22.0. The normalized spacial score (nSPS) is 11.2. The number of fused-ring (bicyclic) bond motifs is 1. The number of hydrogen-bond acceptors (Lipinski definition) is 5. The maximum absolute atomic E-state index is 15.5. The molecule has 0 bridgehead atoms. The minimum Gasteiger partial charge on any atom is -0.478 e. The van der Waals surface area contributed by atoms with E-state index in [9.17, 15) is 14.3 Å². The molecule has 0 amide bonds. The SMILES string of the molecule is COCCn1c(Cc2ccc(-c3cccnc3OCc3ccc(C)cc3F)c(F)c2)nc2ccc(C(=O)O)cc21. The molecule has 2 aromatic heterocycles. The maximum atomic E-state index is 15.5. The van der Waals surface area contributed by atoms with Crippen LogP contribution in [0.1, 0.15) is 32.9 Å². The van der Waals surface area contributed by atoms with Crippen LogP contribution in [0.25, 0.3) is 22.2 Å². The molecule has 0 radical (unpaired) electrons. The fourth-order valence-electron chi connectivity index (χ4n) is 4.57. The second-order valence-electron chi connectivity index (χ2n) is 9.41. The summed E-state index contributed by atoms with van der Waals surface area (Å²) in [6.45, 7) is 2.63. The highest BCUT2D eigenvalue weighted by Crippen LogP contribution is 2.32. The Balaban J connectivity index is 1.42. The minimum absolute atomic E-state index is 0.0445. The van der Waals surface area contributed by atoms with Gasteiger partial charge in [0.15, 0.2) is 0 Å². The van der Waals surface area contributed by atoms with Gasteiger partial charge in [0.2, 0.25) is 5.88 Å². The Morgan fingerprint density at radius 2 is 1.85 bits per heavy atom. The number of aromatic carboxylic acids is 1. The van der Waals surface area contributed by atoms with E-state index < -0.39 is 11.8 Å². The smallest absolute Gasteiger partial charge is 0.335 e. The van der Waals surface area contributed by atoms with E-state index in [-0.39, 0.29) is 23.9 Å². The number of ether oxygens (including phenoxy) is 2. The summed E-state index contributed by atoms with van der Waals surface area (Å²) in [4.78, 5) is 20.4. The van der Waals surface area contributed by atoms with E-state index in [1.54, 1.807) is 55.6 Å². The largest absolute Gasteiger partial charge is 0.478 e. The first kappa shape index (κ1) is 27.0. The van der Waals surface area contributed by atoms with Crippen LogP contribution in [-0.4, -0.2) is 39.3 Å². The highest BCUT2D eigenvalue weighted by atomic mass is 19.1. The van der Waals surface area contributed by atoms with E-state index in [4.69, 9.17) is 9.47 Å². The van der Waals surface area contributed by atoms with Crippen molar-refractivity contribution < 1.29 is 28.2 Å². The summed E-state index contributed by atoms with van der Waals surface area (Å²) in [7, 11) is 1.59. The molecule has 5 aromatic rings. The Labute approximate surface area is 229 Å². The van der Waals surface area contributed by atoms with Gasteiger partial charge in [0.25, 0.3) is 0 Å². The number of carboxylic acids is 1. The number of halogens is 2. The van der Waals surface area contributed by atoms with Crippen LogP contribution in [0, 0.1) is 18.6 Å². The molecule has 0 saturated carbocycles. The fraction of sp³-hybridized carbons (Fsp3) is 0.194. The lowest BCUT2D eigenvalue weighted by Crippen LogP contribution is -2.09. The summed E-state index contributed by atoms with van der Waals surface area (Å²) in [5, 5.41) is 9.41. The topological polar surface area (TPSA) is 86.5 Å². The van der Waals surface area contributed by atoms with Crippen molar-refractivity contribution in [1.82, 2.24) is 14.5 Å². The summed E-state index contributed by atoms with van der Waals surface area (Å²) >= 11 is 0. The molecule has 9 heteroatoms. The predicted octanol–water partition coefficient (Wildman–Crippen LogP) is 6.20. The molecule has 0 atom stereocenters. The molecule has 204 valence electrons. The molecule has 0 aliphatic rings. The van der Waals surface area contributed by atoms with E-state index in [0.717, 1.165) is 5.56 Å². The number of carbonyl (C=O) groups is 1. The zero-order chi connectivity index (χ0) is 28.2. The molecule has 7 nitrogen and oxygen atoms in total. The number of rotatable bonds is 10. The van der Waals surface area contributed by atoms with Crippen LogP contribution < -0.4 is 4.74 Å². The summed E-state index contributed by atoms with van der Waals surface area (Å²) in [5.74, 6) is -1.01. The monoisotopic (exact) mass is 543 g/mol. The first-order valence-corrected chi connectivity index (χ1v) is 12.7. The van der Waals surface area contributed by atoms with Crippen LogP contribution in [0.3, 0.4) is 0 Å². The molecular weight excluding hydrogens is 516 g/mol. The number of carboxylic acid groups (broad SMARTS) is 1. The van der Waals surface area contributed by atoms with Crippen LogP contribution in [0.4, 0.5) is 8.78 Å².